The average Bonchev–Trinajstić information content (AvgIpc) is 3.06. The van der Waals surface area contributed by atoms with Crippen LogP contribution in [0.3, 0.4) is 0 Å². The van der Waals surface area contributed by atoms with Gasteiger partial charge in [-0.3, -0.25) is 0 Å². The Kier molecular flexibility index (Phi) is 4.32. The van der Waals surface area contributed by atoms with E-state index in [4.69, 9.17) is 4.74 Å². The van der Waals surface area contributed by atoms with E-state index < -0.39 is 0 Å². The fourth-order valence-electron chi connectivity index (χ4n) is 2.23. The van der Waals surface area contributed by atoms with Gasteiger partial charge >= 0.3 is 0 Å². The number of hydrogen-bond donors (Lipinski definition) is 0. The summed E-state index contributed by atoms with van der Waals surface area (Å²) >= 11 is 0. The van der Waals surface area contributed by atoms with Gasteiger partial charge < -0.3 is 9.30 Å². The molecule has 3 aromatic rings. The molecule has 21 heavy (non-hydrogen) atoms. The number of ether oxygens (including phenoxy) is 1. The van der Waals surface area contributed by atoms with Crippen molar-refractivity contribution in [3.63, 3.8) is 0 Å². The van der Waals surface area contributed by atoms with Crippen molar-refractivity contribution in [2.24, 2.45) is 0 Å². The SMILES string of the molecule is c1ccc(-c2ccc(OCCCn3ccnc3)cc2)cc1. The van der Waals surface area contributed by atoms with Gasteiger partial charge in [0.2, 0.25) is 0 Å². The van der Waals surface area contributed by atoms with Crippen molar-refractivity contribution < 1.29 is 4.74 Å². The van der Waals surface area contributed by atoms with Crippen LogP contribution in [0.5, 0.6) is 5.75 Å². The van der Waals surface area contributed by atoms with Crippen LogP contribution in [0.4, 0.5) is 0 Å². The van der Waals surface area contributed by atoms with Crippen LogP contribution in [0.15, 0.2) is 73.3 Å². The first-order chi connectivity index (χ1) is 10.4. The van der Waals surface area contributed by atoms with Gasteiger partial charge in [-0.1, -0.05) is 42.5 Å². The van der Waals surface area contributed by atoms with E-state index in [1.54, 1.807) is 6.20 Å². The molecular weight excluding hydrogens is 260 g/mol. The Bertz CT molecular complexity index is 645. The van der Waals surface area contributed by atoms with Gasteiger partial charge in [-0.2, -0.15) is 0 Å². The fraction of sp³-hybridized carbons (Fsp3) is 0.167. The van der Waals surface area contributed by atoms with Crippen LogP contribution in [0.25, 0.3) is 11.1 Å². The summed E-state index contributed by atoms with van der Waals surface area (Å²) in [6, 6.07) is 18.6. The first-order valence-electron chi connectivity index (χ1n) is 7.16. The van der Waals surface area contributed by atoms with Gasteiger partial charge in [-0.05, 0) is 29.7 Å². The molecular formula is C18H18N2O. The molecule has 1 aromatic heterocycles. The lowest BCUT2D eigenvalue weighted by Crippen LogP contribution is -2.02. The zero-order chi connectivity index (χ0) is 14.3. The third-order valence-electron chi connectivity index (χ3n) is 3.35. The third-order valence-corrected chi connectivity index (χ3v) is 3.35. The predicted octanol–water partition coefficient (Wildman–Crippen LogP) is 4.02. The number of hydrogen-bond acceptors (Lipinski definition) is 2. The Morgan fingerprint density at radius 1 is 0.905 bits per heavy atom. The van der Waals surface area contributed by atoms with Crippen molar-refractivity contribution in [3.05, 3.63) is 73.3 Å². The topological polar surface area (TPSA) is 27.1 Å². The molecule has 0 bridgehead atoms. The molecule has 3 heteroatoms. The monoisotopic (exact) mass is 278 g/mol. The largest absolute Gasteiger partial charge is 0.494 e. The second-order valence-electron chi connectivity index (χ2n) is 4.89. The summed E-state index contributed by atoms with van der Waals surface area (Å²) in [5.74, 6) is 0.917. The van der Waals surface area contributed by atoms with Gasteiger partial charge in [0.1, 0.15) is 5.75 Å². The summed E-state index contributed by atoms with van der Waals surface area (Å²) in [5.41, 5.74) is 2.44. The van der Waals surface area contributed by atoms with Crippen LogP contribution in [0.1, 0.15) is 6.42 Å². The molecule has 0 aliphatic heterocycles. The maximum atomic E-state index is 5.76. The minimum absolute atomic E-state index is 0.711. The van der Waals surface area contributed by atoms with Gasteiger partial charge in [-0.15, -0.1) is 0 Å². The zero-order valence-corrected chi connectivity index (χ0v) is 11.9. The van der Waals surface area contributed by atoms with Crippen molar-refractivity contribution in [1.82, 2.24) is 9.55 Å². The fourth-order valence-corrected chi connectivity index (χ4v) is 2.23. The first kappa shape index (κ1) is 13.4. The van der Waals surface area contributed by atoms with E-state index in [-0.39, 0.29) is 0 Å². The maximum absolute atomic E-state index is 5.76. The van der Waals surface area contributed by atoms with E-state index in [2.05, 4.69) is 45.9 Å². The summed E-state index contributed by atoms with van der Waals surface area (Å²) in [6.07, 6.45) is 6.56. The lowest BCUT2D eigenvalue weighted by Gasteiger charge is -2.08. The Morgan fingerprint density at radius 3 is 2.38 bits per heavy atom. The van der Waals surface area contributed by atoms with Gasteiger partial charge in [0, 0.05) is 18.9 Å². The number of imidazole rings is 1. The Labute approximate surface area is 124 Å². The average molecular weight is 278 g/mol. The molecule has 1 heterocycles. The summed E-state index contributed by atoms with van der Waals surface area (Å²) in [7, 11) is 0. The normalized spacial score (nSPS) is 10.5. The highest BCUT2D eigenvalue weighted by molar-refractivity contribution is 5.63. The molecule has 0 saturated carbocycles. The highest BCUT2D eigenvalue weighted by Gasteiger charge is 1.98. The second-order valence-corrected chi connectivity index (χ2v) is 4.89. The van der Waals surface area contributed by atoms with E-state index >= 15 is 0 Å². The van der Waals surface area contributed by atoms with Crippen LogP contribution in [-0.4, -0.2) is 16.2 Å². The standard InChI is InChI=1S/C18H18N2O/c1-2-5-16(6-3-1)17-7-9-18(10-8-17)21-14-4-12-20-13-11-19-15-20/h1-3,5-11,13,15H,4,12,14H2. The Hall–Kier alpha value is -2.55. The molecule has 0 aliphatic rings. The zero-order valence-electron chi connectivity index (χ0n) is 11.9. The van der Waals surface area contributed by atoms with Crippen molar-refractivity contribution in [2.45, 2.75) is 13.0 Å². The van der Waals surface area contributed by atoms with Crippen LogP contribution in [-0.2, 0) is 6.54 Å². The number of benzene rings is 2. The number of rotatable bonds is 6. The van der Waals surface area contributed by atoms with Crippen molar-refractivity contribution >= 4 is 0 Å². The van der Waals surface area contributed by atoms with Crippen LogP contribution in [0, 0.1) is 0 Å². The lowest BCUT2D eigenvalue weighted by molar-refractivity contribution is 0.302. The molecule has 0 fully saturated rings. The molecule has 0 unspecified atom stereocenters. The number of aromatic nitrogens is 2. The van der Waals surface area contributed by atoms with Gasteiger partial charge in [0.05, 0.1) is 12.9 Å². The molecule has 0 amide bonds. The van der Waals surface area contributed by atoms with E-state index in [0.29, 0.717) is 6.61 Å². The van der Waals surface area contributed by atoms with Crippen molar-refractivity contribution in [1.29, 1.82) is 0 Å². The quantitative estimate of drug-likeness (QED) is 0.637. The summed E-state index contributed by atoms with van der Waals surface area (Å²) in [4.78, 5) is 4.02. The predicted molar refractivity (Wildman–Crippen MR) is 84.2 cm³/mol. The Balaban J connectivity index is 1.50. The van der Waals surface area contributed by atoms with Crippen LogP contribution in [0.2, 0.25) is 0 Å². The first-order valence-corrected chi connectivity index (χ1v) is 7.16. The third kappa shape index (κ3) is 3.72. The highest BCUT2D eigenvalue weighted by atomic mass is 16.5. The van der Waals surface area contributed by atoms with Gasteiger partial charge in [0.25, 0.3) is 0 Å². The van der Waals surface area contributed by atoms with Crippen LogP contribution < -0.4 is 4.74 Å². The summed E-state index contributed by atoms with van der Waals surface area (Å²) in [6.45, 7) is 1.64. The highest BCUT2D eigenvalue weighted by Crippen LogP contribution is 2.22. The lowest BCUT2D eigenvalue weighted by atomic mass is 10.1. The molecule has 0 spiro atoms. The summed E-state index contributed by atoms with van der Waals surface area (Å²) < 4.78 is 7.82. The molecule has 106 valence electrons. The minimum Gasteiger partial charge on any atom is -0.494 e. The number of aryl methyl sites for hydroxylation is 1. The Morgan fingerprint density at radius 2 is 1.67 bits per heavy atom. The van der Waals surface area contributed by atoms with Gasteiger partial charge in [0.15, 0.2) is 0 Å². The maximum Gasteiger partial charge on any atom is 0.119 e. The minimum atomic E-state index is 0.711. The molecule has 0 radical (unpaired) electrons. The molecule has 0 atom stereocenters. The van der Waals surface area contributed by atoms with E-state index in [9.17, 15) is 0 Å². The van der Waals surface area contributed by atoms with Crippen LogP contribution >= 0.6 is 0 Å². The van der Waals surface area contributed by atoms with Crippen molar-refractivity contribution in [3.8, 4) is 16.9 Å². The van der Waals surface area contributed by atoms with E-state index in [1.165, 1.54) is 11.1 Å². The molecule has 0 aliphatic carbocycles. The molecule has 0 N–H and O–H groups in total. The molecule has 3 nitrogen and oxygen atoms in total. The van der Waals surface area contributed by atoms with E-state index in [0.717, 1.165) is 18.7 Å². The summed E-state index contributed by atoms with van der Waals surface area (Å²) in [5, 5.41) is 0. The second kappa shape index (κ2) is 6.75. The smallest absolute Gasteiger partial charge is 0.119 e. The van der Waals surface area contributed by atoms with E-state index in [1.807, 2.05) is 30.7 Å². The van der Waals surface area contributed by atoms with Crippen molar-refractivity contribution in [2.75, 3.05) is 6.61 Å². The molecule has 0 saturated heterocycles. The number of nitrogens with zero attached hydrogens (tertiary/aromatic N) is 2. The molecule has 2 aromatic carbocycles. The molecule has 3 rings (SSSR count). The van der Waals surface area contributed by atoms with Gasteiger partial charge in [-0.25, -0.2) is 4.98 Å².